The Kier molecular flexibility index (Phi) is 7.03. The van der Waals surface area contributed by atoms with Gasteiger partial charge in [-0.05, 0) is 87.1 Å². The van der Waals surface area contributed by atoms with Crippen molar-refractivity contribution in [1.82, 2.24) is 10.3 Å². The molecule has 2 aliphatic carbocycles. The lowest BCUT2D eigenvalue weighted by atomic mass is 9.55. The minimum absolute atomic E-state index is 0.0535. The smallest absolute Gasteiger partial charge is 0.407 e. The van der Waals surface area contributed by atoms with E-state index in [1.165, 1.54) is 12.1 Å². The molecule has 1 aromatic heterocycles. The van der Waals surface area contributed by atoms with E-state index in [1.54, 1.807) is 19.2 Å². The van der Waals surface area contributed by atoms with E-state index in [-0.39, 0.29) is 35.5 Å². The summed E-state index contributed by atoms with van der Waals surface area (Å²) in [5.41, 5.74) is 0.767. The fraction of sp³-hybridized carbons (Fsp3) is 0.483. The molecule has 5 rings (SSSR count). The first-order chi connectivity index (χ1) is 17.8. The molecule has 2 aromatic rings. The average molecular weight is 509 g/mol. The molecule has 3 aliphatic rings. The highest BCUT2D eigenvalue weighted by molar-refractivity contribution is 5.82. The zero-order valence-electron chi connectivity index (χ0n) is 21.1. The molecule has 2 N–H and O–H groups in total. The van der Waals surface area contributed by atoms with Crippen LogP contribution in [-0.4, -0.2) is 46.5 Å². The summed E-state index contributed by atoms with van der Waals surface area (Å²) in [5.74, 6) is -0.990. The summed E-state index contributed by atoms with van der Waals surface area (Å²) in [7, 11) is 0. The van der Waals surface area contributed by atoms with E-state index in [1.807, 2.05) is 31.2 Å². The molecule has 3 fully saturated rings. The molecule has 1 aliphatic heterocycles. The Balaban J connectivity index is 1.37. The second-order valence-electron chi connectivity index (χ2n) is 10.5. The molecular formula is C29H33FN2O5. The fourth-order valence-corrected chi connectivity index (χ4v) is 6.70. The molecule has 2 heterocycles. The second kappa shape index (κ2) is 10.2. The van der Waals surface area contributed by atoms with E-state index in [4.69, 9.17) is 9.47 Å². The van der Waals surface area contributed by atoms with E-state index < -0.39 is 23.8 Å². The van der Waals surface area contributed by atoms with Gasteiger partial charge in [0.15, 0.2) is 5.60 Å². The minimum atomic E-state index is -1.55. The number of allylic oxidation sites excluding steroid dienone is 1. The van der Waals surface area contributed by atoms with Gasteiger partial charge in [0.05, 0.1) is 12.3 Å². The first-order valence-corrected chi connectivity index (χ1v) is 13.1. The van der Waals surface area contributed by atoms with Gasteiger partial charge in [0.2, 0.25) is 0 Å². The van der Waals surface area contributed by atoms with E-state index in [2.05, 4.69) is 16.4 Å². The van der Waals surface area contributed by atoms with Crippen LogP contribution >= 0.6 is 0 Å². The number of carbonyl (C=O) groups is 2. The molecule has 7 nitrogen and oxygen atoms in total. The molecule has 0 spiro atoms. The molecule has 1 saturated heterocycles. The standard InChI is InChI=1S/C29H33FN2O5/c1-3-36-28(34)32-23-10-11-24-20(14-23)15-29(35)26(17(2)37-27(29)33)25(24)12-9-22-8-7-19(16-31-22)18-5-4-6-21(30)13-18/h4-9,12-13,16-17,20,23-26,35H,3,10-11,14-15H2,1-2H3,(H,32,34)/b12-9+/t17-,20+,23+,24-,25+,26+,29+/m1/s1. The van der Waals surface area contributed by atoms with Crippen molar-refractivity contribution in [2.24, 2.45) is 23.7 Å². The number of aliphatic hydroxyl groups is 1. The number of alkyl carbamates (subject to hydrolysis) is 1. The van der Waals surface area contributed by atoms with Gasteiger partial charge in [0.25, 0.3) is 0 Å². The van der Waals surface area contributed by atoms with Crippen LogP contribution in [0, 0.1) is 29.5 Å². The molecule has 2 saturated carbocycles. The van der Waals surface area contributed by atoms with Crippen LogP contribution < -0.4 is 5.32 Å². The number of cyclic esters (lactones) is 1. The Bertz CT molecular complexity index is 1190. The Hall–Kier alpha value is -3.26. The quantitative estimate of drug-likeness (QED) is 0.566. The third-order valence-electron chi connectivity index (χ3n) is 8.26. The van der Waals surface area contributed by atoms with Gasteiger partial charge < -0.3 is 19.9 Å². The highest BCUT2D eigenvalue weighted by Crippen LogP contribution is 2.55. The van der Waals surface area contributed by atoms with Crippen molar-refractivity contribution in [2.45, 2.75) is 57.3 Å². The number of pyridine rings is 1. The first-order valence-electron chi connectivity index (χ1n) is 13.1. The largest absolute Gasteiger partial charge is 0.460 e. The number of nitrogens with zero attached hydrogens (tertiary/aromatic N) is 1. The van der Waals surface area contributed by atoms with Crippen molar-refractivity contribution < 1.29 is 28.6 Å². The molecular weight excluding hydrogens is 475 g/mol. The van der Waals surface area contributed by atoms with Crippen LogP contribution in [0.25, 0.3) is 17.2 Å². The lowest BCUT2D eigenvalue weighted by Crippen LogP contribution is -2.56. The van der Waals surface area contributed by atoms with Gasteiger partial charge in [0.1, 0.15) is 11.9 Å². The summed E-state index contributed by atoms with van der Waals surface area (Å²) in [6, 6.07) is 10.1. The second-order valence-corrected chi connectivity index (χ2v) is 10.5. The van der Waals surface area contributed by atoms with Gasteiger partial charge in [-0.2, -0.15) is 0 Å². The fourth-order valence-electron chi connectivity index (χ4n) is 6.70. The van der Waals surface area contributed by atoms with Gasteiger partial charge in [-0.15, -0.1) is 0 Å². The van der Waals surface area contributed by atoms with Crippen molar-refractivity contribution >= 4 is 18.1 Å². The zero-order valence-corrected chi connectivity index (χ0v) is 21.1. The average Bonchev–Trinajstić information content (AvgIpc) is 3.09. The lowest BCUT2D eigenvalue weighted by Gasteiger charge is -2.50. The molecule has 0 radical (unpaired) electrons. The number of rotatable bonds is 5. The molecule has 37 heavy (non-hydrogen) atoms. The molecule has 7 atom stereocenters. The molecule has 0 unspecified atom stereocenters. The SMILES string of the molecule is CCOC(=O)N[C@H]1CC[C@@H]2[C@@H](C1)C[C@@]1(O)C(=O)O[C@H](C)[C@H]1[C@H]2/C=C/c1ccc(-c2cccc(F)c2)cn1. The summed E-state index contributed by atoms with van der Waals surface area (Å²) in [4.78, 5) is 29.3. The Morgan fingerprint density at radius 2 is 2.14 bits per heavy atom. The maximum Gasteiger partial charge on any atom is 0.407 e. The van der Waals surface area contributed by atoms with Gasteiger partial charge in [0, 0.05) is 23.7 Å². The number of aromatic nitrogens is 1. The molecule has 8 heteroatoms. The van der Waals surface area contributed by atoms with Crippen molar-refractivity contribution in [3.05, 3.63) is 60.2 Å². The summed E-state index contributed by atoms with van der Waals surface area (Å²) in [5, 5.41) is 14.5. The number of nitrogens with one attached hydrogen (secondary N) is 1. The number of hydrogen-bond acceptors (Lipinski definition) is 6. The maximum atomic E-state index is 13.6. The van der Waals surface area contributed by atoms with Crippen molar-refractivity contribution in [3.8, 4) is 11.1 Å². The number of halogens is 1. The Morgan fingerprint density at radius 3 is 2.86 bits per heavy atom. The van der Waals surface area contributed by atoms with Gasteiger partial charge >= 0.3 is 12.1 Å². The highest BCUT2D eigenvalue weighted by Gasteiger charge is 2.63. The normalized spacial score (nSPS) is 32.9. The van der Waals surface area contributed by atoms with Crippen LogP contribution in [0.3, 0.4) is 0 Å². The topological polar surface area (TPSA) is 97.8 Å². The van der Waals surface area contributed by atoms with Crippen LogP contribution in [0.4, 0.5) is 9.18 Å². The zero-order chi connectivity index (χ0) is 26.2. The van der Waals surface area contributed by atoms with Crippen LogP contribution in [-0.2, 0) is 14.3 Å². The molecule has 1 aromatic carbocycles. The van der Waals surface area contributed by atoms with Gasteiger partial charge in [-0.3, -0.25) is 4.98 Å². The molecule has 0 bridgehead atoms. The number of carbonyl (C=O) groups excluding carboxylic acids is 2. The maximum absolute atomic E-state index is 13.6. The number of amides is 1. The Labute approximate surface area is 216 Å². The predicted molar refractivity (Wildman–Crippen MR) is 136 cm³/mol. The van der Waals surface area contributed by atoms with Crippen LogP contribution in [0.5, 0.6) is 0 Å². The first kappa shape index (κ1) is 25.4. The van der Waals surface area contributed by atoms with E-state index in [0.29, 0.717) is 19.4 Å². The van der Waals surface area contributed by atoms with Crippen LogP contribution in [0.1, 0.15) is 45.2 Å². The molecule has 1 amide bonds. The van der Waals surface area contributed by atoms with Gasteiger partial charge in [-0.1, -0.05) is 24.3 Å². The summed E-state index contributed by atoms with van der Waals surface area (Å²) in [6.45, 7) is 3.92. The van der Waals surface area contributed by atoms with Gasteiger partial charge in [-0.25, -0.2) is 14.0 Å². The number of benzene rings is 1. The van der Waals surface area contributed by atoms with Crippen LogP contribution in [0.2, 0.25) is 0 Å². The summed E-state index contributed by atoms with van der Waals surface area (Å²) < 4.78 is 24.2. The summed E-state index contributed by atoms with van der Waals surface area (Å²) >= 11 is 0. The third kappa shape index (κ3) is 4.99. The Morgan fingerprint density at radius 1 is 1.30 bits per heavy atom. The highest BCUT2D eigenvalue weighted by atomic mass is 19.1. The van der Waals surface area contributed by atoms with Crippen LogP contribution in [0.15, 0.2) is 48.7 Å². The van der Waals surface area contributed by atoms with E-state index in [0.717, 1.165) is 29.7 Å². The lowest BCUT2D eigenvalue weighted by molar-refractivity contribution is -0.162. The monoisotopic (exact) mass is 508 g/mol. The number of hydrogen-bond donors (Lipinski definition) is 2. The molecule has 196 valence electrons. The minimum Gasteiger partial charge on any atom is -0.460 e. The van der Waals surface area contributed by atoms with Crippen molar-refractivity contribution in [1.29, 1.82) is 0 Å². The number of fused-ring (bicyclic) bond motifs is 2. The van der Waals surface area contributed by atoms with Crippen molar-refractivity contribution in [2.75, 3.05) is 6.61 Å². The summed E-state index contributed by atoms with van der Waals surface area (Å²) in [6.07, 6.45) is 7.54. The number of ether oxygens (including phenoxy) is 2. The van der Waals surface area contributed by atoms with Crippen molar-refractivity contribution in [3.63, 3.8) is 0 Å². The van der Waals surface area contributed by atoms with E-state index in [9.17, 15) is 19.1 Å². The predicted octanol–water partition coefficient (Wildman–Crippen LogP) is 4.74. The van der Waals surface area contributed by atoms with E-state index >= 15 is 0 Å². The number of esters is 1. The third-order valence-corrected chi connectivity index (χ3v) is 8.26.